The Bertz CT molecular complexity index is 933. The minimum atomic E-state index is -0.312. The molecule has 0 aromatic heterocycles. The number of halogens is 2. The van der Waals surface area contributed by atoms with Crippen molar-refractivity contribution in [1.82, 2.24) is 5.32 Å². The average molecular weight is 387 g/mol. The van der Waals surface area contributed by atoms with Crippen LogP contribution in [0.4, 0.5) is 5.69 Å². The number of amides is 1. The molecule has 0 saturated heterocycles. The first-order chi connectivity index (χ1) is 12.3. The predicted octanol–water partition coefficient (Wildman–Crippen LogP) is 5.02. The molecule has 2 N–H and O–H groups in total. The van der Waals surface area contributed by atoms with Gasteiger partial charge in [-0.25, -0.2) is 0 Å². The number of hydrogen-bond donors (Lipinski definition) is 2. The normalized spacial score (nSPS) is 25.7. The van der Waals surface area contributed by atoms with Crippen LogP contribution in [-0.4, -0.2) is 17.8 Å². The lowest BCUT2D eigenvalue weighted by Gasteiger charge is -2.21. The van der Waals surface area contributed by atoms with E-state index in [1.54, 1.807) is 7.05 Å². The van der Waals surface area contributed by atoms with Crippen molar-refractivity contribution in [3.05, 3.63) is 75.4 Å². The topological polar surface area (TPSA) is 41.1 Å². The van der Waals surface area contributed by atoms with E-state index in [0.717, 1.165) is 27.5 Å². The molecule has 0 spiro atoms. The average Bonchev–Trinajstić information content (AvgIpc) is 3.08. The number of carbonyl (C=O) groups excluding carboxylic acids is 1. The maximum absolute atomic E-state index is 12.0. The quantitative estimate of drug-likeness (QED) is 0.724. The number of fused-ring (bicyclic) bond motifs is 1. The second kappa shape index (κ2) is 6.04. The van der Waals surface area contributed by atoms with Gasteiger partial charge in [0.25, 0.3) is 5.91 Å². The molecule has 5 heteroatoms. The summed E-state index contributed by atoms with van der Waals surface area (Å²) in [5.41, 5.74) is 5.94. The highest BCUT2D eigenvalue weighted by Crippen LogP contribution is 2.72. The van der Waals surface area contributed by atoms with Crippen molar-refractivity contribution >= 4 is 34.8 Å². The third-order valence-corrected chi connectivity index (χ3v) is 6.11. The molecule has 3 atom stereocenters. The predicted molar refractivity (Wildman–Crippen MR) is 107 cm³/mol. The molecule has 2 aliphatic rings. The molecule has 0 aliphatic heterocycles. The Morgan fingerprint density at radius 1 is 1.12 bits per heavy atom. The number of benzene rings is 2. The van der Waals surface area contributed by atoms with Gasteiger partial charge in [0.15, 0.2) is 0 Å². The van der Waals surface area contributed by atoms with Gasteiger partial charge in [-0.3, -0.25) is 4.79 Å². The zero-order valence-electron chi connectivity index (χ0n) is 14.9. The molecule has 2 aromatic rings. The van der Waals surface area contributed by atoms with Gasteiger partial charge in [0.05, 0.1) is 4.87 Å². The van der Waals surface area contributed by atoms with Gasteiger partial charge in [0, 0.05) is 40.9 Å². The third-order valence-electron chi connectivity index (χ3n) is 5.31. The van der Waals surface area contributed by atoms with Crippen LogP contribution in [0.15, 0.2) is 48.2 Å². The van der Waals surface area contributed by atoms with Crippen molar-refractivity contribution < 1.29 is 4.79 Å². The van der Waals surface area contributed by atoms with E-state index in [0.29, 0.717) is 5.56 Å². The van der Waals surface area contributed by atoms with Crippen LogP contribution in [0.2, 0.25) is 5.02 Å². The van der Waals surface area contributed by atoms with Gasteiger partial charge in [-0.15, -0.1) is 11.6 Å². The Morgan fingerprint density at radius 3 is 2.58 bits per heavy atom. The van der Waals surface area contributed by atoms with E-state index >= 15 is 0 Å². The molecule has 1 saturated carbocycles. The van der Waals surface area contributed by atoms with Crippen LogP contribution >= 0.6 is 23.2 Å². The van der Waals surface area contributed by atoms with Crippen LogP contribution < -0.4 is 10.6 Å². The summed E-state index contributed by atoms with van der Waals surface area (Å²) in [5, 5.41) is 6.86. The summed E-state index contributed by atoms with van der Waals surface area (Å²) in [6, 6.07) is 11.9. The fourth-order valence-electron chi connectivity index (χ4n) is 3.96. The number of rotatable bonds is 4. The molecule has 0 bridgehead atoms. The van der Waals surface area contributed by atoms with Crippen molar-refractivity contribution in [3.8, 4) is 0 Å². The van der Waals surface area contributed by atoms with Gasteiger partial charge in [0.1, 0.15) is 0 Å². The Kier molecular flexibility index (Phi) is 4.05. The molecule has 134 valence electrons. The molecular weight excluding hydrogens is 367 g/mol. The summed E-state index contributed by atoms with van der Waals surface area (Å²) in [6.07, 6.45) is 2.08. The minimum Gasteiger partial charge on any atom is -0.359 e. The van der Waals surface area contributed by atoms with Gasteiger partial charge < -0.3 is 10.6 Å². The Hall–Kier alpha value is -1.97. The van der Waals surface area contributed by atoms with Crippen LogP contribution in [0, 0.1) is 19.8 Å². The molecule has 2 aromatic carbocycles. The maximum Gasteiger partial charge on any atom is 0.251 e. The number of aryl methyl sites for hydroxylation is 2. The van der Waals surface area contributed by atoms with E-state index in [2.05, 4.69) is 22.8 Å². The molecule has 1 amide bonds. The monoisotopic (exact) mass is 386 g/mol. The zero-order chi connectivity index (χ0) is 18.6. The highest BCUT2D eigenvalue weighted by molar-refractivity contribution is 6.31. The maximum atomic E-state index is 12.0. The van der Waals surface area contributed by atoms with E-state index in [1.807, 2.05) is 44.2 Å². The molecule has 3 unspecified atom stereocenters. The van der Waals surface area contributed by atoms with Crippen LogP contribution in [0.1, 0.15) is 33.0 Å². The molecular formula is C21H20Cl2N2O. The van der Waals surface area contributed by atoms with E-state index in [9.17, 15) is 4.79 Å². The lowest BCUT2D eigenvalue weighted by atomic mass is 10.0. The van der Waals surface area contributed by atoms with Crippen molar-refractivity contribution in [2.45, 2.75) is 24.6 Å². The van der Waals surface area contributed by atoms with Crippen molar-refractivity contribution in [2.75, 3.05) is 12.4 Å². The summed E-state index contributed by atoms with van der Waals surface area (Å²) in [4.78, 5) is 11.7. The molecule has 0 radical (unpaired) electrons. The molecule has 4 rings (SSSR count). The standard InChI is InChI=1S/C21H20Cl2N2O/c1-11-6-13(8-14(22)7-11)18-19-17(10-21(18,19)23)25-15-5-4-12(2)16(9-15)20(26)24-3/h4-10,18-19,25H,1-3H3,(H,24,26). The Morgan fingerprint density at radius 2 is 1.88 bits per heavy atom. The summed E-state index contributed by atoms with van der Waals surface area (Å²) in [6.45, 7) is 3.97. The first-order valence-electron chi connectivity index (χ1n) is 8.62. The third kappa shape index (κ3) is 2.70. The molecule has 2 aliphatic carbocycles. The summed E-state index contributed by atoms with van der Waals surface area (Å²) >= 11 is 13.0. The largest absolute Gasteiger partial charge is 0.359 e. The first-order valence-corrected chi connectivity index (χ1v) is 9.37. The molecule has 0 heterocycles. The summed E-state index contributed by atoms with van der Waals surface area (Å²) in [5.74, 6) is 0.416. The van der Waals surface area contributed by atoms with Gasteiger partial charge in [-0.1, -0.05) is 23.7 Å². The molecule has 1 fully saturated rings. The van der Waals surface area contributed by atoms with E-state index in [1.165, 1.54) is 5.56 Å². The smallest absolute Gasteiger partial charge is 0.251 e. The van der Waals surface area contributed by atoms with Gasteiger partial charge in [-0.05, 0) is 60.9 Å². The Labute approximate surface area is 163 Å². The van der Waals surface area contributed by atoms with E-state index in [-0.39, 0.29) is 22.6 Å². The van der Waals surface area contributed by atoms with Crippen molar-refractivity contribution in [3.63, 3.8) is 0 Å². The summed E-state index contributed by atoms with van der Waals surface area (Å²) < 4.78 is 0. The highest BCUT2D eigenvalue weighted by atomic mass is 35.5. The van der Waals surface area contributed by atoms with Gasteiger partial charge in [0.2, 0.25) is 0 Å². The Balaban J connectivity index is 1.54. The number of carbonyl (C=O) groups is 1. The molecule has 3 nitrogen and oxygen atoms in total. The molecule has 26 heavy (non-hydrogen) atoms. The van der Waals surface area contributed by atoms with Crippen LogP contribution in [0.3, 0.4) is 0 Å². The number of allylic oxidation sites excluding steroid dienone is 2. The number of nitrogens with one attached hydrogen (secondary N) is 2. The van der Waals surface area contributed by atoms with E-state index in [4.69, 9.17) is 23.2 Å². The summed E-state index contributed by atoms with van der Waals surface area (Å²) in [7, 11) is 1.64. The fourth-order valence-corrected chi connectivity index (χ4v) is 4.81. The van der Waals surface area contributed by atoms with Gasteiger partial charge >= 0.3 is 0 Å². The fraction of sp³-hybridized carbons (Fsp3) is 0.286. The van der Waals surface area contributed by atoms with Crippen LogP contribution in [0.5, 0.6) is 0 Å². The van der Waals surface area contributed by atoms with Crippen molar-refractivity contribution in [1.29, 1.82) is 0 Å². The SMILES string of the molecule is CNC(=O)c1cc(NC2=CC3(Cl)C2C3c2cc(C)cc(Cl)c2)ccc1C. The van der Waals surface area contributed by atoms with Crippen LogP contribution in [-0.2, 0) is 0 Å². The highest BCUT2D eigenvalue weighted by Gasteiger charge is 2.70. The minimum absolute atomic E-state index is 0.0841. The first kappa shape index (κ1) is 17.4. The lowest BCUT2D eigenvalue weighted by molar-refractivity contribution is 0.0962. The second-order valence-corrected chi connectivity index (χ2v) is 8.27. The number of alkyl halides is 1. The lowest BCUT2D eigenvalue weighted by Crippen LogP contribution is -2.20. The zero-order valence-corrected chi connectivity index (χ0v) is 16.4. The van der Waals surface area contributed by atoms with Crippen LogP contribution in [0.25, 0.3) is 0 Å². The number of hydrogen-bond acceptors (Lipinski definition) is 2. The van der Waals surface area contributed by atoms with Crippen molar-refractivity contribution in [2.24, 2.45) is 5.92 Å². The van der Waals surface area contributed by atoms with Gasteiger partial charge in [-0.2, -0.15) is 0 Å². The van der Waals surface area contributed by atoms with E-state index < -0.39 is 0 Å². The second-order valence-electron chi connectivity index (χ2n) is 7.18. The number of anilines is 1.